The van der Waals surface area contributed by atoms with Crippen LogP contribution in [-0.2, 0) is 8.85 Å². The maximum absolute atomic E-state index is 7.05. The molecule has 0 amide bonds. The second kappa shape index (κ2) is 12.0. The highest BCUT2D eigenvalue weighted by atomic mass is 79.9. The number of rotatable bonds is 7. The minimum absolute atomic E-state index is 0.0475. The molecule has 39 heavy (non-hydrogen) atoms. The number of alkyl halides is 1. The van der Waals surface area contributed by atoms with Crippen molar-refractivity contribution in [3.05, 3.63) is 35.5 Å². The van der Waals surface area contributed by atoms with Crippen LogP contribution in [0.15, 0.2) is 35.5 Å². The quantitative estimate of drug-likeness (QED) is 0.204. The van der Waals surface area contributed by atoms with E-state index in [2.05, 4.69) is 116 Å². The summed E-state index contributed by atoms with van der Waals surface area (Å²) in [7, 11) is -3.84. The molecule has 5 heteroatoms. The summed E-state index contributed by atoms with van der Waals surface area (Å²) in [6.45, 7) is 33.3. The fourth-order valence-corrected chi connectivity index (χ4v) is 10.2. The molecule has 0 N–H and O–H groups in total. The highest BCUT2D eigenvalue weighted by Crippen LogP contribution is 2.59. The number of hydrogen-bond acceptors (Lipinski definition) is 2. The largest absolute Gasteiger partial charge is 0.413 e. The minimum atomic E-state index is -1.95. The van der Waals surface area contributed by atoms with Crippen LogP contribution < -0.4 is 0 Å². The fourth-order valence-electron chi connectivity index (χ4n) is 7.09. The zero-order valence-electron chi connectivity index (χ0n) is 27.6. The summed E-state index contributed by atoms with van der Waals surface area (Å²) < 4.78 is 14.1. The van der Waals surface area contributed by atoms with Crippen molar-refractivity contribution < 1.29 is 8.85 Å². The third-order valence-corrected chi connectivity index (χ3v) is 21.7. The molecular weight excluding hydrogens is 576 g/mol. The lowest BCUT2D eigenvalue weighted by molar-refractivity contribution is 0.0969. The summed E-state index contributed by atoms with van der Waals surface area (Å²) in [4.78, 5) is 0. The van der Waals surface area contributed by atoms with E-state index in [1.165, 1.54) is 43.3 Å². The molecule has 6 atom stereocenters. The van der Waals surface area contributed by atoms with Crippen molar-refractivity contribution in [3.63, 3.8) is 0 Å². The topological polar surface area (TPSA) is 18.5 Å². The van der Waals surface area contributed by atoms with E-state index < -0.39 is 16.6 Å². The van der Waals surface area contributed by atoms with Crippen LogP contribution >= 0.6 is 15.9 Å². The highest BCUT2D eigenvalue weighted by Gasteiger charge is 2.50. The lowest BCUT2D eigenvalue weighted by Crippen LogP contribution is -2.49. The lowest BCUT2D eigenvalue weighted by Gasteiger charge is -2.45. The van der Waals surface area contributed by atoms with Gasteiger partial charge in [0.25, 0.3) is 0 Å². The van der Waals surface area contributed by atoms with Gasteiger partial charge in [-0.2, -0.15) is 0 Å². The van der Waals surface area contributed by atoms with Crippen LogP contribution in [-0.4, -0.2) is 34.2 Å². The molecule has 0 radical (unpaired) electrons. The summed E-state index contributed by atoms with van der Waals surface area (Å²) in [5.41, 5.74) is 4.68. The number of hydrogen-bond donors (Lipinski definition) is 0. The minimum Gasteiger partial charge on any atom is -0.413 e. The van der Waals surface area contributed by atoms with Crippen LogP contribution in [0.1, 0.15) is 100 Å². The van der Waals surface area contributed by atoms with Gasteiger partial charge in [0.05, 0.1) is 12.2 Å². The summed E-state index contributed by atoms with van der Waals surface area (Å²) in [6.07, 6.45) is 13.8. The van der Waals surface area contributed by atoms with E-state index >= 15 is 0 Å². The molecule has 0 saturated heterocycles. The third kappa shape index (κ3) is 7.17. The van der Waals surface area contributed by atoms with Crippen LogP contribution in [0.4, 0.5) is 0 Å². The molecule has 3 aliphatic rings. The van der Waals surface area contributed by atoms with Gasteiger partial charge in [0.2, 0.25) is 0 Å². The van der Waals surface area contributed by atoms with Crippen molar-refractivity contribution in [2.75, 3.05) is 5.33 Å². The Bertz CT molecular complexity index is 951. The third-order valence-electron chi connectivity index (χ3n) is 11.7. The maximum Gasteiger partial charge on any atom is 0.192 e. The first-order valence-electron chi connectivity index (χ1n) is 15.7. The average molecular weight is 638 g/mol. The number of allylic oxidation sites excluding steroid dienone is 3. The van der Waals surface area contributed by atoms with Gasteiger partial charge in [-0.25, -0.2) is 0 Å². The molecule has 0 bridgehead atoms. The van der Waals surface area contributed by atoms with Crippen molar-refractivity contribution in [1.29, 1.82) is 0 Å². The molecule has 2 nitrogen and oxygen atoms in total. The lowest BCUT2D eigenvalue weighted by atomic mass is 9.61. The van der Waals surface area contributed by atoms with E-state index in [-0.39, 0.29) is 22.3 Å². The van der Waals surface area contributed by atoms with Crippen molar-refractivity contribution in [2.24, 2.45) is 23.2 Å². The second-order valence-corrected chi connectivity index (χ2v) is 26.7. The second-order valence-electron chi connectivity index (χ2n) is 16.5. The Hall–Kier alpha value is 0.0538. The highest BCUT2D eigenvalue weighted by molar-refractivity contribution is 9.09. The van der Waals surface area contributed by atoms with Crippen LogP contribution in [0, 0.1) is 23.2 Å². The monoisotopic (exact) mass is 636 g/mol. The van der Waals surface area contributed by atoms with E-state index in [1.54, 1.807) is 5.57 Å². The molecule has 3 fully saturated rings. The molecule has 0 spiro atoms. The van der Waals surface area contributed by atoms with E-state index in [0.717, 1.165) is 35.9 Å². The molecule has 0 aliphatic heterocycles. The van der Waals surface area contributed by atoms with Gasteiger partial charge in [-0.05, 0) is 109 Å². The Morgan fingerprint density at radius 1 is 1.00 bits per heavy atom. The van der Waals surface area contributed by atoms with Crippen LogP contribution in [0.5, 0.6) is 0 Å². The van der Waals surface area contributed by atoms with E-state index in [4.69, 9.17) is 8.85 Å². The van der Waals surface area contributed by atoms with Crippen LogP contribution in [0.2, 0.25) is 36.3 Å². The first-order chi connectivity index (χ1) is 17.7. The zero-order chi connectivity index (χ0) is 29.6. The first-order valence-corrected chi connectivity index (χ1v) is 22.7. The van der Waals surface area contributed by atoms with Gasteiger partial charge in [0.1, 0.15) is 0 Å². The SMILES string of the molecule is C=C1/C(=C\C=C2/CCC[C@]3(C)[C@@H]([C@H](C)CBr)CC[C@@H]23)C[C@@H](O[Si](C)(C)C(C)(C)C)C[C@@H]1O[Si](C)(C)C(C)(C)C. The van der Waals surface area contributed by atoms with Gasteiger partial charge in [-0.15, -0.1) is 0 Å². The molecule has 0 heterocycles. The Labute approximate surface area is 253 Å². The predicted octanol–water partition coefficient (Wildman–Crippen LogP) is 11.2. The Morgan fingerprint density at radius 3 is 2.15 bits per heavy atom. The van der Waals surface area contributed by atoms with Crippen molar-refractivity contribution in [1.82, 2.24) is 0 Å². The van der Waals surface area contributed by atoms with Crippen molar-refractivity contribution in [3.8, 4) is 0 Å². The molecule has 3 saturated carbocycles. The first kappa shape index (κ1) is 33.6. The molecule has 3 aliphatic carbocycles. The van der Waals surface area contributed by atoms with Gasteiger partial charge >= 0.3 is 0 Å². The van der Waals surface area contributed by atoms with Crippen molar-refractivity contribution >= 4 is 32.6 Å². The molecule has 0 aromatic rings. The van der Waals surface area contributed by atoms with Gasteiger partial charge in [0, 0.05) is 11.8 Å². The summed E-state index contributed by atoms with van der Waals surface area (Å²) >= 11 is 3.79. The van der Waals surface area contributed by atoms with Crippen molar-refractivity contribution in [2.45, 2.75) is 149 Å². The maximum atomic E-state index is 7.05. The summed E-state index contributed by atoms with van der Waals surface area (Å²) in [6, 6.07) is 0. The zero-order valence-corrected chi connectivity index (χ0v) is 31.2. The molecule has 0 aromatic carbocycles. The van der Waals surface area contributed by atoms with E-state index in [0.29, 0.717) is 5.41 Å². The molecular formula is C34H61BrO2Si2. The molecule has 0 unspecified atom stereocenters. The van der Waals surface area contributed by atoms with Gasteiger partial charge in [-0.3, -0.25) is 0 Å². The molecule has 3 rings (SSSR count). The van der Waals surface area contributed by atoms with E-state index in [1.807, 2.05) is 0 Å². The molecule has 0 aromatic heterocycles. The smallest absolute Gasteiger partial charge is 0.192 e. The van der Waals surface area contributed by atoms with E-state index in [9.17, 15) is 0 Å². The summed E-state index contributed by atoms with van der Waals surface area (Å²) in [5.74, 6) is 2.30. The Morgan fingerprint density at radius 2 is 1.59 bits per heavy atom. The average Bonchev–Trinajstić information content (AvgIpc) is 3.15. The number of halogens is 1. The van der Waals surface area contributed by atoms with Crippen LogP contribution in [0.3, 0.4) is 0 Å². The van der Waals surface area contributed by atoms with Gasteiger partial charge in [0.15, 0.2) is 16.6 Å². The predicted molar refractivity (Wildman–Crippen MR) is 180 cm³/mol. The van der Waals surface area contributed by atoms with Crippen LogP contribution in [0.25, 0.3) is 0 Å². The number of fused-ring (bicyclic) bond motifs is 1. The molecule has 224 valence electrons. The Balaban J connectivity index is 1.93. The van der Waals surface area contributed by atoms with Gasteiger partial charge < -0.3 is 8.85 Å². The normalized spacial score (nSPS) is 34.0. The summed E-state index contributed by atoms with van der Waals surface area (Å²) in [5, 5.41) is 1.49. The standard InChI is InChI=1S/C34H61BrO2Si2/c1-24(23-35)29-18-19-30-26(15-14-20-34(29,30)9)16-17-27-21-28(36-38(10,11)32(3,4)5)22-31(25(27)2)37-39(12,13)33(6,7)8/h16-17,24,28-31H,2,14-15,18-23H2,1,3-13H3/b26-16+,27-17-/t24-,28-,29-,30+,31+,34-/m1/s1. The Kier molecular flexibility index (Phi) is 10.3. The van der Waals surface area contributed by atoms with Gasteiger partial charge in [-0.1, -0.05) is 95.6 Å². The fraction of sp³-hybridized carbons (Fsp3) is 0.824.